The van der Waals surface area contributed by atoms with Crippen molar-refractivity contribution in [3.05, 3.63) is 0 Å². The molecule has 0 aromatic heterocycles. The molecule has 0 saturated heterocycles. The molecule has 0 heterocycles. The third kappa shape index (κ3) is 7.97. The fourth-order valence-electron chi connectivity index (χ4n) is 3.65. The van der Waals surface area contributed by atoms with E-state index >= 15 is 0 Å². The van der Waals surface area contributed by atoms with E-state index in [2.05, 4.69) is 19.3 Å². The highest BCUT2D eigenvalue weighted by Crippen LogP contribution is 2.27. The average molecular weight is 268 g/mol. The van der Waals surface area contributed by atoms with Gasteiger partial charge in [-0.05, 0) is 32.2 Å². The average Bonchev–Trinajstić information content (AvgIpc) is 2.66. The Bertz CT molecular complexity index is 190. The lowest BCUT2D eigenvalue weighted by atomic mass is 9.89. The van der Waals surface area contributed by atoms with E-state index in [0.29, 0.717) is 0 Å². The van der Waals surface area contributed by atoms with Crippen LogP contribution in [0.25, 0.3) is 0 Å². The van der Waals surface area contributed by atoms with E-state index in [4.69, 9.17) is 0 Å². The van der Waals surface area contributed by atoms with E-state index < -0.39 is 0 Å². The second kappa shape index (κ2) is 11.8. The minimum atomic E-state index is 0.812. The van der Waals surface area contributed by atoms with Crippen molar-refractivity contribution < 1.29 is 0 Å². The molecule has 1 aliphatic rings. The number of rotatable bonds is 10. The second-order valence-corrected chi connectivity index (χ2v) is 6.56. The lowest BCUT2D eigenvalue weighted by Gasteiger charge is -2.24. The third-order valence-corrected chi connectivity index (χ3v) is 4.96. The SMILES string of the molecule is CCCCCCCCCCC1CCCCCC1NC. The smallest absolute Gasteiger partial charge is 0.00923 e. The molecular formula is C18H37N. The summed E-state index contributed by atoms with van der Waals surface area (Å²) in [5.74, 6) is 0.965. The molecule has 1 heteroatoms. The molecule has 0 amide bonds. The summed E-state index contributed by atoms with van der Waals surface area (Å²) >= 11 is 0. The van der Waals surface area contributed by atoms with Crippen LogP contribution in [-0.2, 0) is 0 Å². The fraction of sp³-hybridized carbons (Fsp3) is 1.00. The highest BCUT2D eigenvalue weighted by atomic mass is 14.9. The van der Waals surface area contributed by atoms with Gasteiger partial charge in [0.15, 0.2) is 0 Å². The van der Waals surface area contributed by atoms with Crippen LogP contribution < -0.4 is 5.32 Å². The van der Waals surface area contributed by atoms with Crippen LogP contribution in [0.2, 0.25) is 0 Å². The van der Waals surface area contributed by atoms with E-state index in [1.807, 2.05) is 0 Å². The molecule has 1 aliphatic carbocycles. The number of unbranched alkanes of at least 4 members (excludes halogenated alkanes) is 7. The molecular weight excluding hydrogens is 230 g/mol. The van der Waals surface area contributed by atoms with E-state index in [-0.39, 0.29) is 0 Å². The maximum absolute atomic E-state index is 3.57. The summed E-state index contributed by atoms with van der Waals surface area (Å²) in [5, 5.41) is 3.57. The van der Waals surface area contributed by atoms with Crippen LogP contribution in [-0.4, -0.2) is 13.1 Å². The summed E-state index contributed by atoms with van der Waals surface area (Å²) in [5.41, 5.74) is 0. The monoisotopic (exact) mass is 267 g/mol. The van der Waals surface area contributed by atoms with Gasteiger partial charge in [-0.15, -0.1) is 0 Å². The van der Waals surface area contributed by atoms with Crippen LogP contribution in [0.5, 0.6) is 0 Å². The summed E-state index contributed by atoms with van der Waals surface area (Å²) in [6, 6.07) is 0.812. The summed E-state index contributed by atoms with van der Waals surface area (Å²) in [4.78, 5) is 0. The molecule has 1 rings (SSSR count). The van der Waals surface area contributed by atoms with Gasteiger partial charge >= 0.3 is 0 Å². The third-order valence-electron chi connectivity index (χ3n) is 4.96. The molecule has 1 nitrogen and oxygen atoms in total. The fourth-order valence-corrected chi connectivity index (χ4v) is 3.65. The maximum atomic E-state index is 3.57. The Morgan fingerprint density at radius 2 is 1.42 bits per heavy atom. The Kier molecular flexibility index (Phi) is 10.5. The van der Waals surface area contributed by atoms with E-state index in [0.717, 1.165) is 12.0 Å². The number of hydrogen-bond donors (Lipinski definition) is 1. The van der Waals surface area contributed by atoms with Crippen molar-refractivity contribution >= 4 is 0 Å². The highest BCUT2D eigenvalue weighted by Gasteiger charge is 2.21. The van der Waals surface area contributed by atoms with E-state index in [9.17, 15) is 0 Å². The Hall–Kier alpha value is -0.0400. The zero-order valence-corrected chi connectivity index (χ0v) is 13.6. The van der Waals surface area contributed by atoms with Gasteiger partial charge in [-0.3, -0.25) is 0 Å². The van der Waals surface area contributed by atoms with Crippen LogP contribution in [0.15, 0.2) is 0 Å². The van der Waals surface area contributed by atoms with Gasteiger partial charge in [0.25, 0.3) is 0 Å². The van der Waals surface area contributed by atoms with Gasteiger partial charge in [-0.1, -0.05) is 77.6 Å². The molecule has 0 aliphatic heterocycles. The van der Waals surface area contributed by atoms with Crippen LogP contribution in [0.4, 0.5) is 0 Å². The molecule has 1 fully saturated rings. The lowest BCUT2D eigenvalue weighted by Crippen LogP contribution is -2.32. The zero-order valence-electron chi connectivity index (χ0n) is 13.6. The van der Waals surface area contributed by atoms with Crippen molar-refractivity contribution in [2.45, 2.75) is 103 Å². The minimum absolute atomic E-state index is 0.812. The van der Waals surface area contributed by atoms with Gasteiger partial charge in [0.2, 0.25) is 0 Å². The predicted molar refractivity (Wildman–Crippen MR) is 86.6 cm³/mol. The molecule has 0 aromatic rings. The summed E-state index contributed by atoms with van der Waals surface area (Å²) in [6.07, 6.45) is 20.4. The second-order valence-electron chi connectivity index (χ2n) is 6.56. The molecule has 2 unspecified atom stereocenters. The molecule has 1 saturated carbocycles. The molecule has 114 valence electrons. The molecule has 0 bridgehead atoms. The number of nitrogens with one attached hydrogen (secondary N) is 1. The summed E-state index contributed by atoms with van der Waals surface area (Å²) in [6.45, 7) is 2.30. The van der Waals surface area contributed by atoms with Crippen LogP contribution >= 0.6 is 0 Å². The maximum Gasteiger partial charge on any atom is 0.00923 e. The van der Waals surface area contributed by atoms with Crippen molar-refractivity contribution in [2.75, 3.05) is 7.05 Å². The molecule has 0 spiro atoms. The molecule has 1 N–H and O–H groups in total. The largest absolute Gasteiger partial charge is 0.317 e. The molecule has 0 radical (unpaired) electrons. The summed E-state index contributed by atoms with van der Waals surface area (Å²) < 4.78 is 0. The quantitative estimate of drug-likeness (QED) is 0.396. The Morgan fingerprint density at radius 3 is 2.11 bits per heavy atom. The zero-order chi connectivity index (χ0) is 13.8. The van der Waals surface area contributed by atoms with Crippen molar-refractivity contribution in [1.29, 1.82) is 0 Å². The molecule has 0 aromatic carbocycles. The normalized spacial score (nSPS) is 24.3. The minimum Gasteiger partial charge on any atom is -0.317 e. The first-order valence-corrected chi connectivity index (χ1v) is 9.05. The van der Waals surface area contributed by atoms with Crippen molar-refractivity contribution in [1.82, 2.24) is 5.32 Å². The first-order valence-electron chi connectivity index (χ1n) is 9.05. The van der Waals surface area contributed by atoms with Gasteiger partial charge in [0.05, 0.1) is 0 Å². The Labute approximate surface area is 121 Å². The van der Waals surface area contributed by atoms with Crippen LogP contribution in [0.1, 0.15) is 96.8 Å². The van der Waals surface area contributed by atoms with E-state index in [1.165, 1.54) is 89.9 Å². The standard InChI is InChI=1S/C18H37N/c1-3-4-5-6-7-8-9-11-14-17-15-12-10-13-16-18(17)19-2/h17-19H,3-16H2,1-2H3. The molecule has 19 heavy (non-hydrogen) atoms. The van der Waals surface area contributed by atoms with Crippen LogP contribution in [0.3, 0.4) is 0 Å². The highest BCUT2D eigenvalue weighted by molar-refractivity contribution is 4.78. The number of hydrogen-bond acceptors (Lipinski definition) is 1. The van der Waals surface area contributed by atoms with Crippen molar-refractivity contribution in [2.24, 2.45) is 5.92 Å². The van der Waals surface area contributed by atoms with Gasteiger partial charge in [-0.2, -0.15) is 0 Å². The van der Waals surface area contributed by atoms with E-state index in [1.54, 1.807) is 0 Å². The van der Waals surface area contributed by atoms with Crippen molar-refractivity contribution in [3.63, 3.8) is 0 Å². The first kappa shape index (κ1) is 17.0. The Morgan fingerprint density at radius 1 is 0.789 bits per heavy atom. The van der Waals surface area contributed by atoms with Crippen LogP contribution in [0, 0.1) is 5.92 Å². The van der Waals surface area contributed by atoms with Gasteiger partial charge in [0.1, 0.15) is 0 Å². The van der Waals surface area contributed by atoms with Gasteiger partial charge in [-0.25, -0.2) is 0 Å². The van der Waals surface area contributed by atoms with Gasteiger partial charge < -0.3 is 5.32 Å². The lowest BCUT2D eigenvalue weighted by molar-refractivity contribution is 0.321. The molecule has 2 atom stereocenters. The first-order chi connectivity index (χ1) is 9.38. The summed E-state index contributed by atoms with van der Waals surface area (Å²) in [7, 11) is 2.16. The topological polar surface area (TPSA) is 12.0 Å². The van der Waals surface area contributed by atoms with Crippen molar-refractivity contribution in [3.8, 4) is 0 Å². The van der Waals surface area contributed by atoms with Gasteiger partial charge in [0, 0.05) is 6.04 Å². The predicted octanol–water partition coefficient (Wildman–Crippen LogP) is 5.69. The Balaban J connectivity index is 2.00.